The molecule has 0 aliphatic rings. The number of aromatic nitrogens is 3. The van der Waals surface area contributed by atoms with Crippen LogP contribution in [0.3, 0.4) is 0 Å². The van der Waals surface area contributed by atoms with Gasteiger partial charge in [-0.2, -0.15) is 18.2 Å². The Morgan fingerprint density at radius 2 is 2.00 bits per heavy atom. The van der Waals surface area contributed by atoms with Crippen LogP contribution in [-0.4, -0.2) is 27.7 Å². The SMILES string of the molecule is O=C(COc1ccc(Br)cc1)Nc1n[nH]c(C(F)(F)F)n1. The third-order valence-electron chi connectivity index (χ3n) is 2.19. The number of amides is 1. The second-order valence-electron chi connectivity index (χ2n) is 3.80. The fourth-order valence-corrected chi connectivity index (χ4v) is 1.55. The number of H-pyrrole nitrogens is 1. The number of rotatable bonds is 4. The van der Waals surface area contributed by atoms with Gasteiger partial charge >= 0.3 is 6.18 Å². The van der Waals surface area contributed by atoms with Crippen LogP contribution in [0.15, 0.2) is 28.7 Å². The molecule has 112 valence electrons. The van der Waals surface area contributed by atoms with Crippen LogP contribution in [0.4, 0.5) is 19.1 Å². The number of nitrogens with one attached hydrogen (secondary N) is 2. The molecule has 0 fully saturated rings. The largest absolute Gasteiger partial charge is 0.484 e. The van der Waals surface area contributed by atoms with Crippen molar-refractivity contribution in [1.82, 2.24) is 15.2 Å². The summed E-state index contributed by atoms with van der Waals surface area (Å²) in [5, 5.41) is 7.01. The zero-order valence-electron chi connectivity index (χ0n) is 10.2. The van der Waals surface area contributed by atoms with E-state index in [2.05, 4.69) is 31.3 Å². The van der Waals surface area contributed by atoms with Crippen molar-refractivity contribution in [2.24, 2.45) is 0 Å². The van der Waals surface area contributed by atoms with Crippen LogP contribution in [0, 0.1) is 0 Å². The second-order valence-corrected chi connectivity index (χ2v) is 4.71. The molecular weight excluding hydrogens is 357 g/mol. The van der Waals surface area contributed by atoms with Gasteiger partial charge in [-0.25, -0.2) is 0 Å². The van der Waals surface area contributed by atoms with Crippen LogP contribution in [0.5, 0.6) is 5.75 Å². The minimum absolute atomic E-state index is 0.377. The summed E-state index contributed by atoms with van der Waals surface area (Å²) in [4.78, 5) is 14.6. The highest BCUT2D eigenvalue weighted by Crippen LogP contribution is 2.26. The number of carbonyl (C=O) groups excluding carboxylic acids is 1. The third-order valence-corrected chi connectivity index (χ3v) is 2.72. The molecule has 0 atom stereocenters. The van der Waals surface area contributed by atoms with Gasteiger partial charge in [0.05, 0.1) is 0 Å². The molecule has 21 heavy (non-hydrogen) atoms. The Morgan fingerprint density at radius 3 is 2.57 bits per heavy atom. The molecule has 2 aromatic rings. The summed E-state index contributed by atoms with van der Waals surface area (Å²) >= 11 is 3.24. The molecule has 10 heteroatoms. The van der Waals surface area contributed by atoms with Gasteiger partial charge in [0.1, 0.15) is 5.75 Å². The lowest BCUT2D eigenvalue weighted by molar-refractivity contribution is -0.144. The molecule has 0 aliphatic heterocycles. The monoisotopic (exact) mass is 364 g/mol. The fourth-order valence-electron chi connectivity index (χ4n) is 1.28. The lowest BCUT2D eigenvalue weighted by Crippen LogP contribution is -2.21. The quantitative estimate of drug-likeness (QED) is 0.873. The molecule has 0 saturated carbocycles. The van der Waals surface area contributed by atoms with E-state index in [1.54, 1.807) is 29.4 Å². The smallest absolute Gasteiger partial charge is 0.451 e. The highest BCUT2D eigenvalue weighted by molar-refractivity contribution is 9.10. The number of aromatic amines is 1. The van der Waals surface area contributed by atoms with Crippen molar-refractivity contribution in [1.29, 1.82) is 0 Å². The maximum Gasteiger partial charge on any atom is 0.451 e. The van der Waals surface area contributed by atoms with Crippen molar-refractivity contribution < 1.29 is 22.7 Å². The van der Waals surface area contributed by atoms with Crippen molar-refractivity contribution in [3.63, 3.8) is 0 Å². The van der Waals surface area contributed by atoms with Crippen LogP contribution >= 0.6 is 15.9 Å². The molecular formula is C11H8BrF3N4O2. The molecule has 1 amide bonds. The van der Waals surface area contributed by atoms with Gasteiger partial charge < -0.3 is 4.74 Å². The number of hydrogen-bond acceptors (Lipinski definition) is 4. The molecule has 2 rings (SSSR count). The second kappa shape index (κ2) is 6.12. The van der Waals surface area contributed by atoms with Gasteiger partial charge in [0.15, 0.2) is 6.61 Å². The number of benzene rings is 1. The van der Waals surface area contributed by atoms with Gasteiger partial charge in [-0.05, 0) is 24.3 Å². The Balaban J connectivity index is 1.87. The summed E-state index contributed by atoms with van der Waals surface area (Å²) in [6.07, 6.45) is -4.65. The lowest BCUT2D eigenvalue weighted by atomic mass is 10.3. The first-order valence-electron chi connectivity index (χ1n) is 5.52. The molecule has 0 bridgehead atoms. The van der Waals surface area contributed by atoms with Gasteiger partial charge in [0.25, 0.3) is 5.91 Å². The van der Waals surface area contributed by atoms with Crippen LogP contribution in [0.1, 0.15) is 5.82 Å². The third kappa shape index (κ3) is 4.45. The van der Waals surface area contributed by atoms with Crippen molar-refractivity contribution in [3.8, 4) is 5.75 Å². The summed E-state index contributed by atoms with van der Waals surface area (Å²) in [6.45, 7) is -0.377. The molecule has 1 aromatic carbocycles. The molecule has 1 aromatic heterocycles. The van der Waals surface area contributed by atoms with E-state index >= 15 is 0 Å². The molecule has 1 heterocycles. The fraction of sp³-hybridized carbons (Fsp3) is 0.182. The van der Waals surface area contributed by atoms with E-state index in [0.717, 1.165) is 4.47 Å². The Morgan fingerprint density at radius 1 is 1.33 bits per heavy atom. The Hall–Kier alpha value is -2.10. The average molecular weight is 365 g/mol. The summed E-state index contributed by atoms with van der Waals surface area (Å²) in [6, 6.07) is 6.70. The first-order valence-corrected chi connectivity index (χ1v) is 6.32. The van der Waals surface area contributed by atoms with Gasteiger partial charge in [-0.15, -0.1) is 5.10 Å². The number of hydrogen-bond donors (Lipinski definition) is 2. The topological polar surface area (TPSA) is 79.9 Å². The van der Waals surface area contributed by atoms with Crippen LogP contribution in [0.2, 0.25) is 0 Å². The van der Waals surface area contributed by atoms with Crippen molar-refractivity contribution in [2.75, 3.05) is 11.9 Å². The summed E-state index contributed by atoms with van der Waals surface area (Å²) in [7, 11) is 0. The van der Waals surface area contributed by atoms with Crippen LogP contribution < -0.4 is 10.1 Å². The molecule has 0 spiro atoms. The summed E-state index contributed by atoms with van der Waals surface area (Å²) in [5.74, 6) is -1.98. The van der Waals surface area contributed by atoms with Crippen molar-refractivity contribution in [3.05, 3.63) is 34.6 Å². The van der Waals surface area contributed by atoms with Gasteiger partial charge in [0.2, 0.25) is 11.8 Å². The average Bonchev–Trinajstić information content (AvgIpc) is 2.86. The highest BCUT2D eigenvalue weighted by atomic mass is 79.9. The van der Waals surface area contributed by atoms with E-state index in [1.807, 2.05) is 0 Å². The molecule has 0 saturated heterocycles. The molecule has 6 nitrogen and oxygen atoms in total. The highest BCUT2D eigenvalue weighted by Gasteiger charge is 2.35. The van der Waals surface area contributed by atoms with E-state index in [4.69, 9.17) is 4.74 Å². The van der Waals surface area contributed by atoms with E-state index in [0.29, 0.717) is 5.75 Å². The van der Waals surface area contributed by atoms with Gasteiger partial charge in [-0.3, -0.25) is 15.2 Å². The number of alkyl halides is 3. The minimum Gasteiger partial charge on any atom is -0.484 e. The van der Waals surface area contributed by atoms with Crippen LogP contribution in [0.25, 0.3) is 0 Å². The summed E-state index contributed by atoms with van der Waals surface area (Å²) < 4.78 is 42.8. The molecule has 2 N–H and O–H groups in total. The lowest BCUT2D eigenvalue weighted by Gasteiger charge is -2.05. The minimum atomic E-state index is -4.65. The standard InChI is InChI=1S/C11H8BrF3N4O2/c12-6-1-3-7(4-2-6)21-5-8(20)16-10-17-9(18-19-10)11(13,14)15/h1-4H,5H2,(H2,16,17,18,19,20). The predicted molar refractivity (Wildman–Crippen MR) is 69.7 cm³/mol. The van der Waals surface area contributed by atoms with E-state index < -0.39 is 23.9 Å². The maximum atomic E-state index is 12.3. The number of nitrogens with zero attached hydrogens (tertiary/aromatic N) is 2. The molecule has 0 unspecified atom stereocenters. The maximum absolute atomic E-state index is 12.3. The Labute approximate surface area is 124 Å². The Kier molecular flexibility index (Phi) is 4.46. The Bertz CT molecular complexity index is 627. The number of anilines is 1. The van der Waals surface area contributed by atoms with E-state index in [1.165, 1.54) is 0 Å². The zero-order chi connectivity index (χ0) is 15.5. The van der Waals surface area contributed by atoms with Gasteiger partial charge in [0, 0.05) is 4.47 Å². The number of carbonyl (C=O) groups is 1. The van der Waals surface area contributed by atoms with Crippen molar-refractivity contribution >= 4 is 27.8 Å². The first-order chi connectivity index (χ1) is 9.84. The van der Waals surface area contributed by atoms with Crippen LogP contribution in [-0.2, 0) is 11.0 Å². The number of ether oxygens (including phenoxy) is 1. The normalized spacial score (nSPS) is 11.2. The first kappa shape index (κ1) is 15.3. The summed E-state index contributed by atoms with van der Waals surface area (Å²) in [5.41, 5.74) is 0. The molecule has 0 radical (unpaired) electrons. The van der Waals surface area contributed by atoms with E-state index in [-0.39, 0.29) is 6.61 Å². The van der Waals surface area contributed by atoms with Crippen molar-refractivity contribution in [2.45, 2.75) is 6.18 Å². The predicted octanol–water partition coefficient (Wildman–Crippen LogP) is 2.60. The number of halogens is 4. The van der Waals surface area contributed by atoms with E-state index in [9.17, 15) is 18.0 Å². The molecule has 0 aliphatic carbocycles. The zero-order valence-corrected chi connectivity index (χ0v) is 11.8. The van der Waals surface area contributed by atoms with Gasteiger partial charge in [-0.1, -0.05) is 15.9 Å².